The number of amidine groups is 1. The average Bonchev–Trinajstić information content (AvgIpc) is 3.17. The highest BCUT2D eigenvalue weighted by atomic mass is 32.2. The van der Waals surface area contributed by atoms with Gasteiger partial charge in [-0.15, -0.1) is 4.40 Å². The van der Waals surface area contributed by atoms with Gasteiger partial charge in [0.25, 0.3) is 15.9 Å². The van der Waals surface area contributed by atoms with Crippen molar-refractivity contribution in [3.8, 4) is 0 Å². The molecule has 0 spiro atoms. The van der Waals surface area contributed by atoms with Gasteiger partial charge in [0.2, 0.25) is 0 Å². The fraction of sp³-hybridized carbons (Fsp3) is 0.276. The van der Waals surface area contributed by atoms with Gasteiger partial charge < -0.3 is 14.5 Å². The van der Waals surface area contributed by atoms with Crippen LogP contribution in [0.5, 0.6) is 0 Å². The molecule has 8 nitrogen and oxygen atoms in total. The van der Waals surface area contributed by atoms with Crippen LogP contribution < -0.4 is 4.90 Å². The molecule has 0 saturated carbocycles. The Bertz CT molecular complexity index is 1410. The van der Waals surface area contributed by atoms with Gasteiger partial charge in [0.15, 0.2) is 6.61 Å². The molecule has 1 fully saturated rings. The molecule has 38 heavy (non-hydrogen) atoms. The second-order valence-electron chi connectivity index (χ2n) is 9.42. The summed E-state index contributed by atoms with van der Waals surface area (Å²) in [6.07, 6.45) is 3.44. The zero-order valence-corrected chi connectivity index (χ0v) is 21.8. The maximum atomic E-state index is 13.1. The van der Waals surface area contributed by atoms with Crippen LogP contribution in [0.3, 0.4) is 0 Å². The number of benzene rings is 3. The van der Waals surface area contributed by atoms with Gasteiger partial charge in [-0.25, -0.2) is 4.79 Å². The number of anilines is 1. The van der Waals surface area contributed by atoms with E-state index in [0.717, 1.165) is 30.4 Å². The molecule has 3 aromatic carbocycles. The minimum Gasteiger partial charge on any atom is -0.452 e. The molecule has 2 aliphatic heterocycles. The van der Waals surface area contributed by atoms with Gasteiger partial charge in [0.05, 0.1) is 11.3 Å². The van der Waals surface area contributed by atoms with Gasteiger partial charge >= 0.3 is 5.97 Å². The molecule has 0 bridgehead atoms. The van der Waals surface area contributed by atoms with Gasteiger partial charge in [0, 0.05) is 26.1 Å². The summed E-state index contributed by atoms with van der Waals surface area (Å²) in [5, 5.41) is 0. The molecule has 0 aromatic heterocycles. The summed E-state index contributed by atoms with van der Waals surface area (Å²) >= 11 is 0. The number of amides is 1. The number of carbonyl (C=O) groups excluding carboxylic acids is 2. The highest BCUT2D eigenvalue weighted by Gasteiger charge is 2.32. The van der Waals surface area contributed by atoms with Crippen molar-refractivity contribution in [3.05, 3.63) is 95.6 Å². The molecule has 5 rings (SSSR count). The first kappa shape index (κ1) is 25.7. The Morgan fingerprint density at radius 2 is 1.53 bits per heavy atom. The van der Waals surface area contributed by atoms with Gasteiger partial charge in [-0.3, -0.25) is 4.79 Å². The molecular weight excluding hydrogens is 502 g/mol. The number of rotatable bonds is 7. The molecule has 1 saturated heterocycles. The number of sulfonamides is 1. The monoisotopic (exact) mass is 531 g/mol. The Morgan fingerprint density at radius 1 is 0.868 bits per heavy atom. The molecule has 0 aliphatic carbocycles. The smallest absolute Gasteiger partial charge is 0.338 e. The molecule has 0 unspecified atom stereocenters. The minimum absolute atomic E-state index is 0.0151. The SMILES string of the molecule is O=C(OCC(=O)N(Cc1ccccc1)Cc1ccccc1)c1ccc2c(c1)S(=O)(=O)N=C1CCCCCN12. The van der Waals surface area contributed by atoms with Gasteiger partial charge in [0.1, 0.15) is 10.7 Å². The summed E-state index contributed by atoms with van der Waals surface area (Å²) in [6.45, 7) is 0.938. The molecule has 2 aliphatic rings. The van der Waals surface area contributed by atoms with E-state index in [0.29, 0.717) is 37.6 Å². The highest BCUT2D eigenvalue weighted by Crippen LogP contribution is 2.35. The molecule has 1 amide bonds. The molecular formula is C29H29N3O5S. The number of ether oxygens (including phenoxy) is 1. The summed E-state index contributed by atoms with van der Waals surface area (Å²) in [4.78, 5) is 29.6. The summed E-state index contributed by atoms with van der Waals surface area (Å²) < 4.78 is 35.2. The number of hydrogen-bond acceptors (Lipinski definition) is 6. The van der Waals surface area contributed by atoms with Crippen molar-refractivity contribution in [3.63, 3.8) is 0 Å². The lowest BCUT2D eigenvalue weighted by Gasteiger charge is -2.29. The van der Waals surface area contributed by atoms with E-state index in [9.17, 15) is 18.0 Å². The van der Waals surface area contributed by atoms with Crippen LogP contribution in [0.1, 0.15) is 47.2 Å². The van der Waals surface area contributed by atoms with Crippen LogP contribution in [0.15, 0.2) is 88.2 Å². The first-order valence-corrected chi connectivity index (χ1v) is 14.1. The predicted octanol–water partition coefficient (Wildman–Crippen LogP) is 4.55. The van der Waals surface area contributed by atoms with Crippen LogP contribution in [-0.4, -0.2) is 44.2 Å². The Balaban J connectivity index is 1.31. The second-order valence-corrected chi connectivity index (χ2v) is 11.0. The number of carbonyl (C=O) groups is 2. The van der Waals surface area contributed by atoms with E-state index in [-0.39, 0.29) is 16.4 Å². The topological polar surface area (TPSA) is 96.3 Å². The molecule has 196 valence electrons. The largest absolute Gasteiger partial charge is 0.452 e. The zero-order valence-electron chi connectivity index (χ0n) is 21.0. The Labute approximate surface area is 222 Å². The van der Waals surface area contributed by atoms with Crippen LogP contribution in [0.4, 0.5) is 5.69 Å². The molecule has 2 heterocycles. The van der Waals surface area contributed by atoms with Crippen molar-refractivity contribution in [1.29, 1.82) is 0 Å². The summed E-state index contributed by atoms with van der Waals surface area (Å²) in [6, 6.07) is 23.6. The quantitative estimate of drug-likeness (QED) is 0.415. The number of fused-ring (bicyclic) bond motifs is 3. The van der Waals surface area contributed by atoms with Gasteiger partial charge in [-0.2, -0.15) is 8.42 Å². The maximum absolute atomic E-state index is 13.1. The van der Waals surface area contributed by atoms with Gasteiger partial charge in [-0.05, 0) is 42.2 Å². The maximum Gasteiger partial charge on any atom is 0.338 e. The third kappa shape index (κ3) is 5.78. The Hall–Kier alpha value is -3.98. The van der Waals surface area contributed by atoms with E-state index in [2.05, 4.69) is 4.40 Å². The van der Waals surface area contributed by atoms with Crippen molar-refractivity contribution in [2.75, 3.05) is 18.1 Å². The number of hydrogen-bond donors (Lipinski definition) is 0. The van der Waals surface area contributed by atoms with E-state index < -0.39 is 22.6 Å². The minimum atomic E-state index is -3.94. The van der Waals surface area contributed by atoms with E-state index in [1.54, 1.807) is 17.0 Å². The van der Waals surface area contributed by atoms with Crippen molar-refractivity contribution in [1.82, 2.24) is 4.90 Å². The molecule has 0 atom stereocenters. The van der Waals surface area contributed by atoms with Crippen molar-refractivity contribution in [2.24, 2.45) is 4.40 Å². The van der Waals surface area contributed by atoms with E-state index in [1.807, 2.05) is 65.6 Å². The van der Waals surface area contributed by atoms with Crippen molar-refractivity contribution < 1.29 is 22.7 Å². The number of esters is 1. The lowest BCUT2D eigenvalue weighted by Crippen LogP contribution is -2.35. The van der Waals surface area contributed by atoms with E-state index in [4.69, 9.17) is 4.74 Å². The normalized spacial score (nSPS) is 15.9. The van der Waals surface area contributed by atoms with Gasteiger partial charge in [-0.1, -0.05) is 67.1 Å². The average molecular weight is 532 g/mol. The number of nitrogens with zero attached hydrogens (tertiary/aromatic N) is 3. The Morgan fingerprint density at radius 3 is 2.18 bits per heavy atom. The van der Waals surface area contributed by atoms with Crippen molar-refractivity contribution in [2.45, 2.75) is 43.7 Å². The summed E-state index contributed by atoms with van der Waals surface area (Å²) in [5.41, 5.74) is 2.50. The van der Waals surface area contributed by atoms with Crippen LogP contribution in [-0.2, 0) is 32.6 Å². The standard InChI is InChI=1S/C29H29N3O5S/c33-28(31(19-22-10-4-1-5-11-22)20-23-12-6-2-7-13-23)21-37-29(34)24-15-16-25-26(18-24)38(35,36)30-27-14-8-3-9-17-32(25)27/h1-2,4-7,10-13,15-16,18H,3,8-9,14,17,19-21H2. The fourth-order valence-electron chi connectivity index (χ4n) is 4.75. The van der Waals surface area contributed by atoms with E-state index in [1.165, 1.54) is 6.07 Å². The molecule has 0 radical (unpaired) electrons. The van der Waals surface area contributed by atoms with Crippen molar-refractivity contribution >= 4 is 33.4 Å². The fourth-order valence-corrected chi connectivity index (χ4v) is 6.03. The van der Waals surface area contributed by atoms with Crippen LogP contribution >= 0.6 is 0 Å². The van der Waals surface area contributed by atoms with E-state index >= 15 is 0 Å². The molecule has 3 aromatic rings. The lowest BCUT2D eigenvalue weighted by atomic mass is 10.1. The zero-order chi connectivity index (χ0) is 26.5. The predicted molar refractivity (Wildman–Crippen MR) is 144 cm³/mol. The summed E-state index contributed by atoms with van der Waals surface area (Å²) in [7, 11) is -3.94. The first-order chi connectivity index (χ1) is 18.4. The second kappa shape index (κ2) is 11.2. The highest BCUT2D eigenvalue weighted by molar-refractivity contribution is 7.90. The third-order valence-electron chi connectivity index (χ3n) is 6.70. The van der Waals surface area contributed by atoms with Crippen LogP contribution in [0, 0.1) is 0 Å². The van der Waals surface area contributed by atoms with Crippen LogP contribution in [0.25, 0.3) is 0 Å². The van der Waals surface area contributed by atoms with Crippen LogP contribution in [0.2, 0.25) is 0 Å². The molecule has 9 heteroatoms. The lowest BCUT2D eigenvalue weighted by molar-refractivity contribution is -0.135. The first-order valence-electron chi connectivity index (χ1n) is 12.7. The molecule has 0 N–H and O–H groups in total. The third-order valence-corrected chi connectivity index (χ3v) is 8.03. The summed E-state index contributed by atoms with van der Waals surface area (Å²) in [5.74, 6) is -0.565. The Kier molecular flexibility index (Phi) is 7.55.